The van der Waals surface area contributed by atoms with Crippen molar-refractivity contribution in [2.45, 2.75) is 81.3 Å². The highest BCUT2D eigenvalue weighted by Gasteiger charge is 2.33. The highest BCUT2D eigenvalue weighted by atomic mass is 16.5. The Hall–Kier alpha value is -0.120. The fraction of sp³-hybridized carbons (Fsp3) is 1.00. The smallest absolute Gasteiger partial charge is 0.0532 e. The highest BCUT2D eigenvalue weighted by molar-refractivity contribution is 4.85. The Balaban J connectivity index is 4.61. The predicted molar refractivity (Wildman–Crippen MR) is 103 cm³/mol. The maximum Gasteiger partial charge on any atom is 0.0532 e. The number of hydrogen-bond donors (Lipinski definition) is 0. The van der Waals surface area contributed by atoms with Crippen molar-refractivity contribution in [1.82, 2.24) is 9.80 Å². The summed E-state index contributed by atoms with van der Waals surface area (Å²) in [5.41, 5.74) is 0.334. The molecule has 0 amide bonds. The average Bonchev–Trinajstić information content (AvgIpc) is 2.49. The summed E-state index contributed by atoms with van der Waals surface area (Å²) in [7, 11) is 0. The molecule has 3 heteroatoms. The Morgan fingerprint density at radius 1 is 0.652 bits per heavy atom. The van der Waals surface area contributed by atoms with Gasteiger partial charge in [-0.2, -0.15) is 0 Å². The van der Waals surface area contributed by atoms with Gasteiger partial charge in [-0.3, -0.25) is 0 Å². The minimum atomic E-state index is 0.167. The van der Waals surface area contributed by atoms with Crippen molar-refractivity contribution >= 4 is 0 Å². The highest BCUT2D eigenvalue weighted by Crippen LogP contribution is 2.29. The molecule has 140 valence electrons. The Morgan fingerprint density at radius 2 is 0.913 bits per heavy atom. The molecule has 0 bridgehead atoms. The van der Waals surface area contributed by atoms with Gasteiger partial charge in [0.2, 0.25) is 0 Å². The minimum absolute atomic E-state index is 0.167. The maximum atomic E-state index is 6.23. The average molecular weight is 329 g/mol. The summed E-state index contributed by atoms with van der Waals surface area (Å²) in [6, 6.07) is 1.06. The van der Waals surface area contributed by atoms with Crippen LogP contribution in [-0.2, 0) is 4.74 Å². The van der Waals surface area contributed by atoms with E-state index in [1.807, 2.05) is 0 Å². The molecule has 0 spiro atoms. The van der Waals surface area contributed by atoms with Gasteiger partial charge in [0.15, 0.2) is 0 Å². The van der Waals surface area contributed by atoms with Crippen molar-refractivity contribution < 1.29 is 4.74 Å². The summed E-state index contributed by atoms with van der Waals surface area (Å²) in [4.78, 5) is 5.04. The second-order valence-electron chi connectivity index (χ2n) is 8.26. The molecule has 0 aliphatic carbocycles. The molecule has 2 atom stereocenters. The molecule has 23 heavy (non-hydrogen) atoms. The van der Waals surface area contributed by atoms with E-state index in [1.165, 1.54) is 0 Å². The topological polar surface area (TPSA) is 15.7 Å². The Bertz CT molecular complexity index is 277. The molecule has 0 aliphatic rings. The first-order valence-electron chi connectivity index (χ1n) is 9.63. The molecule has 0 fully saturated rings. The first kappa shape index (κ1) is 22.9. The largest absolute Gasteiger partial charge is 0.380 e. The van der Waals surface area contributed by atoms with Crippen LogP contribution in [0.5, 0.6) is 0 Å². The van der Waals surface area contributed by atoms with Crippen molar-refractivity contribution in [1.29, 1.82) is 0 Å². The normalized spacial score (nSPS) is 16.2. The SMILES string of the molecule is CCN(CC)C(C)C(C)(C)COCC(C)(C)C(C)N(CC)CC. The third-order valence-corrected chi connectivity index (χ3v) is 5.93. The second-order valence-corrected chi connectivity index (χ2v) is 8.26. The molecular formula is C20H44N2O. The Labute approximate surface area is 146 Å². The van der Waals surface area contributed by atoms with E-state index in [1.54, 1.807) is 0 Å². The summed E-state index contributed by atoms with van der Waals surface area (Å²) in [5, 5.41) is 0. The molecule has 0 saturated heterocycles. The molecule has 3 nitrogen and oxygen atoms in total. The first-order valence-corrected chi connectivity index (χ1v) is 9.63. The van der Waals surface area contributed by atoms with E-state index in [4.69, 9.17) is 4.74 Å². The molecule has 0 heterocycles. The summed E-state index contributed by atoms with van der Waals surface area (Å²) in [5.74, 6) is 0. The van der Waals surface area contributed by atoms with Crippen LogP contribution in [0.1, 0.15) is 69.2 Å². The molecule has 0 rings (SSSR count). The fourth-order valence-electron chi connectivity index (χ4n) is 3.35. The van der Waals surface area contributed by atoms with E-state index >= 15 is 0 Å². The summed E-state index contributed by atoms with van der Waals surface area (Å²) in [6.45, 7) is 29.0. The van der Waals surface area contributed by atoms with Crippen LogP contribution in [0.25, 0.3) is 0 Å². The van der Waals surface area contributed by atoms with Crippen LogP contribution < -0.4 is 0 Å². The van der Waals surface area contributed by atoms with E-state index in [0.29, 0.717) is 12.1 Å². The van der Waals surface area contributed by atoms with Crippen LogP contribution in [0.3, 0.4) is 0 Å². The van der Waals surface area contributed by atoms with Gasteiger partial charge in [0, 0.05) is 22.9 Å². The zero-order valence-corrected chi connectivity index (χ0v) is 17.7. The van der Waals surface area contributed by atoms with E-state index in [-0.39, 0.29) is 10.8 Å². The standard InChI is InChI=1S/C20H44N2O/c1-11-21(12-2)17(5)19(7,8)15-23-16-20(9,10)18(6)22(13-3)14-4/h17-18H,11-16H2,1-10H3. The number of rotatable bonds is 12. The third-order valence-electron chi connectivity index (χ3n) is 5.93. The van der Waals surface area contributed by atoms with E-state index in [9.17, 15) is 0 Å². The van der Waals surface area contributed by atoms with Gasteiger partial charge in [0.25, 0.3) is 0 Å². The monoisotopic (exact) mass is 328 g/mol. The second kappa shape index (κ2) is 10.0. The van der Waals surface area contributed by atoms with Gasteiger partial charge in [0.05, 0.1) is 13.2 Å². The summed E-state index contributed by atoms with van der Waals surface area (Å²) in [6.07, 6.45) is 0. The van der Waals surface area contributed by atoms with Crippen molar-refractivity contribution in [2.75, 3.05) is 39.4 Å². The minimum Gasteiger partial charge on any atom is -0.380 e. The van der Waals surface area contributed by atoms with Gasteiger partial charge >= 0.3 is 0 Å². The van der Waals surface area contributed by atoms with Gasteiger partial charge < -0.3 is 14.5 Å². The molecular weight excluding hydrogens is 284 g/mol. The molecule has 0 N–H and O–H groups in total. The van der Waals surface area contributed by atoms with Gasteiger partial charge in [-0.1, -0.05) is 55.4 Å². The van der Waals surface area contributed by atoms with Crippen LogP contribution in [0.15, 0.2) is 0 Å². The number of nitrogens with zero attached hydrogens (tertiary/aromatic N) is 2. The Morgan fingerprint density at radius 3 is 1.13 bits per heavy atom. The van der Waals surface area contributed by atoms with Gasteiger partial charge in [-0.05, 0) is 40.0 Å². The maximum absolute atomic E-state index is 6.23. The molecule has 0 radical (unpaired) electrons. The van der Waals surface area contributed by atoms with Crippen molar-refractivity contribution in [3.63, 3.8) is 0 Å². The lowest BCUT2D eigenvalue weighted by atomic mass is 9.83. The molecule has 0 saturated carbocycles. The summed E-state index contributed by atoms with van der Waals surface area (Å²) < 4.78 is 6.23. The molecule has 0 aliphatic heterocycles. The lowest BCUT2D eigenvalue weighted by molar-refractivity contribution is -0.0393. The molecule has 0 aromatic carbocycles. The van der Waals surface area contributed by atoms with Crippen LogP contribution in [0, 0.1) is 10.8 Å². The van der Waals surface area contributed by atoms with Gasteiger partial charge in [-0.15, -0.1) is 0 Å². The van der Waals surface area contributed by atoms with E-state index in [0.717, 1.165) is 39.4 Å². The van der Waals surface area contributed by atoms with Crippen LogP contribution >= 0.6 is 0 Å². The zero-order chi connectivity index (χ0) is 18.3. The fourth-order valence-corrected chi connectivity index (χ4v) is 3.35. The van der Waals surface area contributed by atoms with Crippen LogP contribution in [0.4, 0.5) is 0 Å². The quantitative estimate of drug-likeness (QED) is 0.524. The molecule has 0 aromatic heterocycles. The van der Waals surface area contributed by atoms with Crippen LogP contribution in [0.2, 0.25) is 0 Å². The van der Waals surface area contributed by atoms with Crippen LogP contribution in [-0.4, -0.2) is 61.3 Å². The summed E-state index contributed by atoms with van der Waals surface area (Å²) >= 11 is 0. The molecule has 2 unspecified atom stereocenters. The predicted octanol–water partition coefficient (Wildman–Crippen LogP) is 4.52. The lowest BCUT2D eigenvalue weighted by Gasteiger charge is -2.42. The number of hydrogen-bond acceptors (Lipinski definition) is 3. The van der Waals surface area contributed by atoms with Crippen molar-refractivity contribution in [3.05, 3.63) is 0 Å². The van der Waals surface area contributed by atoms with Crippen molar-refractivity contribution in [3.8, 4) is 0 Å². The van der Waals surface area contributed by atoms with Crippen molar-refractivity contribution in [2.24, 2.45) is 10.8 Å². The third kappa shape index (κ3) is 6.72. The van der Waals surface area contributed by atoms with Gasteiger partial charge in [0.1, 0.15) is 0 Å². The number of ether oxygens (including phenoxy) is 1. The molecule has 0 aromatic rings. The van der Waals surface area contributed by atoms with Gasteiger partial charge in [-0.25, -0.2) is 0 Å². The van der Waals surface area contributed by atoms with E-state index in [2.05, 4.69) is 79.0 Å². The zero-order valence-electron chi connectivity index (χ0n) is 17.7. The van der Waals surface area contributed by atoms with E-state index < -0.39 is 0 Å². The first-order chi connectivity index (χ1) is 10.6. The Kier molecular flexibility index (Phi) is 9.95. The lowest BCUT2D eigenvalue weighted by Crippen LogP contribution is -2.47.